The van der Waals surface area contributed by atoms with Crippen LogP contribution in [-0.4, -0.2) is 58.8 Å². The average molecular weight is 291 g/mol. The van der Waals surface area contributed by atoms with Crippen molar-refractivity contribution in [2.45, 2.75) is 37.9 Å². The lowest BCUT2D eigenvalue weighted by atomic mass is 9.88. The molecule has 1 aromatic rings. The Hall–Kier alpha value is -1.53. The molecule has 0 radical (unpaired) electrons. The number of carbonyl (C=O) groups excluding carboxylic acids is 1. The fourth-order valence-corrected chi connectivity index (χ4v) is 3.16. The number of rotatable bonds is 3. The van der Waals surface area contributed by atoms with Gasteiger partial charge in [-0.3, -0.25) is 4.79 Å². The molecule has 6 nitrogen and oxygen atoms in total. The van der Waals surface area contributed by atoms with Gasteiger partial charge in [0.2, 0.25) is 5.82 Å². The van der Waals surface area contributed by atoms with Crippen LogP contribution in [0, 0.1) is 0 Å². The Balaban J connectivity index is 1.57. The van der Waals surface area contributed by atoms with Crippen molar-refractivity contribution in [3.8, 4) is 0 Å². The first-order valence-corrected chi connectivity index (χ1v) is 7.54. The van der Waals surface area contributed by atoms with Gasteiger partial charge < -0.3 is 14.4 Å². The van der Waals surface area contributed by atoms with Crippen molar-refractivity contribution in [3.63, 3.8) is 0 Å². The summed E-state index contributed by atoms with van der Waals surface area (Å²) in [6, 6.07) is 1.71. The third kappa shape index (κ3) is 3.06. The summed E-state index contributed by atoms with van der Waals surface area (Å²) in [5.41, 5.74) is -0.103. The van der Waals surface area contributed by atoms with Crippen molar-refractivity contribution in [1.29, 1.82) is 0 Å². The second kappa shape index (κ2) is 6.07. The highest BCUT2D eigenvalue weighted by molar-refractivity contribution is 5.90. The molecule has 0 aromatic carbocycles. The first-order chi connectivity index (χ1) is 10.2. The average Bonchev–Trinajstić information content (AvgIpc) is 2.91. The molecule has 2 aliphatic heterocycles. The summed E-state index contributed by atoms with van der Waals surface area (Å²) < 4.78 is 11.6. The topological polar surface area (TPSA) is 64.6 Å². The number of amides is 1. The van der Waals surface area contributed by atoms with Crippen LogP contribution in [0.1, 0.15) is 36.8 Å². The zero-order valence-electron chi connectivity index (χ0n) is 12.3. The van der Waals surface area contributed by atoms with E-state index in [2.05, 4.69) is 9.97 Å². The fraction of sp³-hybridized carbons (Fsp3) is 0.667. The van der Waals surface area contributed by atoms with Gasteiger partial charge in [-0.05, 0) is 25.8 Å². The maximum absolute atomic E-state index is 12.3. The Morgan fingerprint density at radius 1 is 1.43 bits per heavy atom. The second-order valence-electron chi connectivity index (χ2n) is 5.64. The van der Waals surface area contributed by atoms with Crippen LogP contribution in [0.3, 0.4) is 0 Å². The molecule has 2 saturated heterocycles. The molecule has 1 aromatic heterocycles. The maximum Gasteiger partial charge on any atom is 0.291 e. The molecule has 3 rings (SSSR count). The zero-order chi connectivity index (χ0) is 14.7. The van der Waals surface area contributed by atoms with Gasteiger partial charge in [0.05, 0.1) is 18.3 Å². The molecule has 1 spiro atoms. The molecule has 1 atom stereocenters. The lowest BCUT2D eigenvalue weighted by Crippen LogP contribution is -2.47. The number of ether oxygens (including phenoxy) is 2. The van der Waals surface area contributed by atoms with Gasteiger partial charge in [-0.1, -0.05) is 0 Å². The minimum atomic E-state index is -0.103. The summed E-state index contributed by atoms with van der Waals surface area (Å²) in [6.45, 7) is 4.78. The third-order valence-electron chi connectivity index (χ3n) is 4.30. The highest BCUT2D eigenvalue weighted by atomic mass is 16.6. The predicted molar refractivity (Wildman–Crippen MR) is 75.9 cm³/mol. The maximum atomic E-state index is 12.3. The molecule has 0 aliphatic carbocycles. The molecule has 6 heteroatoms. The van der Waals surface area contributed by atoms with Crippen LogP contribution in [0.5, 0.6) is 0 Å². The Bertz CT molecular complexity index is 486. The summed E-state index contributed by atoms with van der Waals surface area (Å²) in [5, 5.41) is 0. The van der Waals surface area contributed by atoms with Crippen molar-refractivity contribution < 1.29 is 14.3 Å². The number of carbonyl (C=O) groups is 1. The minimum absolute atomic E-state index is 0.0928. The van der Waals surface area contributed by atoms with Gasteiger partial charge in [-0.2, -0.15) is 0 Å². The molecule has 3 heterocycles. The van der Waals surface area contributed by atoms with E-state index in [1.807, 2.05) is 11.8 Å². The van der Waals surface area contributed by atoms with Crippen LogP contribution in [0.25, 0.3) is 0 Å². The lowest BCUT2D eigenvalue weighted by Gasteiger charge is -2.38. The van der Waals surface area contributed by atoms with Gasteiger partial charge in [-0.15, -0.1) is 0 Å². The molecule has 2 fully saturated rings. The molecule has 21 heavy (non-hydrogen) atoms. The van der Waals surface area contributed by atoms with E-state index in [-0.39, 0.29) is 23.4 Å². The van der Waals surface area contributed by atoms with Crippen LogP contribution in [-0.2, 0) is 9.47 Å². The monoisotopic (exact) mass is 291 g/mol. The molecule has 0 bridgehead atoms. The smallest absolute Gasteiger partial charge is 0.291 e. The molecule has 0 N–H and O–H groups in total. The molecular formula is C15H21N3O3. The van der Waals surface area contributed by atoms with Crippen LogP contribution < -0.4 is 0 Å². The van der Waals surface area contributed by atoms with Crippen molar-refractivity contribution in [3.05, 3.63) is 24.3 Å². The summed E-state index contributed by atoms with van der Waals surface area (Å²) in [6.07, 6.45) is 6.04. The van der Waals surface area contributed by atoms with Crippen LogP contribution in [0.2, 0.25) is 0 Å². The number of hydrogen-bond acceptors (Lipinski definition) is 5. The third-order valence-corrected chi connectivity index (χ3v) is 4.30. The number of nitrogens with zero attached hydrogens (tertiary/aromatic N) is 3. The Kier molecular flexibility index (Phi) is 4.17. The standard InChI is InChI=1S/C15H21N3O3/c1-2-20-12-10-15(21-11-12)4-8-18(9-5-15)14(19)13-16-6-3-7-17-13/h3,6-7,12H,2,4-5,8-11H2,1H3. The minimum Gasteiger partial charge on any atom is -0.376 e. The molecular weight excluding hydrogens is 270 g/mol. The fourth-order valence-electron chi connectivity index (χ4n) is 3.16. The van der Waals surface area contributed by atoms with Crippen molar-refractivity contribution in [2.24, 2.45) is 0 Å². The summed E-state index contributed by atoms with van der Waals surface area (Å²) in [5.74, 6) is 0.179. The number of likely N-dealkylation sites (tertiary alicyclic amines) is 1. The van der Waals surface area contributed by atoms with Gasteiger partial charge >= 0.3 is 0 Å². The molecule has 1 amide bonds. The summed E-state index contributed by atoms with van der Waals surface area (Å²) in [7, 11) is 0. The summed E-state index contributed by atoms with van der Waals surface area (Å²) in [4.78, 5) is 22.2. The van der Waals surface area contributed by atoms with Gasteiger partial charge in [-0.25, -0.2) is 9.97 Å². The SMILES string of the molecule is CCOC1COC2(CCN(C(=O)c3ncccn3)CC2)C1. The second-order valence-corrected chi connectivity index (χ2v) is 5.64. The van der Waals surface area contributed by atoms with E-state index >= 15 is 0 Å². The van der Waals surface area contributed by atoms with Crippen LogP contribution in [0.15, 0.2) is 18.5 Å². The largest absolute Gasteiger partial charge is 0.376 e. The van der Waals surface area contributed by atoms with Gasteiger partial charge in [0, 0.05) is 38.5 Å². The lowest BCUT2D eigenvalue weighted by molar-refractivity contribution is -0.0409. The van der Waals surface area contributed by atoms with E-state index < -0.39 is 0 Å². The first-order valence-electron chi connectivity index (χ1n) is 7.54. The highest BCUT2D eigenvalue weighted by Crippen LogP contribution is 2.37. The van der Waals surface area contributed by atoms with E-state index in [9.17, 15) is 4.79 Å². The number of piperidine rings is 1. The van der Waals surface area contributed by atoms with Crippen molar-refractivity contribution in [1.82, 2.24) is 14.9 Å². The van der Waals surface area contributed by atoms with Crippen LogP contribution >= 0.6 is 0 Å². The van der Waals surface area contributed by atoms with Gasteiger partial charge in [0.25, 0.3) is 5.91 Å². The highest BCUT2D eigenvalue weighted by Gasteiger charge is 2.43. The molecule has 114 valence electrons. The van der Waals surface area contributed by atoms with Crippen LogP contribution in [0.4, 0.5) is 0 Å². The molecule has 1 unspecified atom stereocenters. The van der Waals surface area contributed by atoms with E-state index in [1.54, 1.807) is 18.5 Å². The van der Waals surface area contributed by atoms with Crippen molar-refractivity contribution >= 4 is 5.91 Å². The molecule has 2 aliphatic rings. The van der Waals surface area contributed by atoms with E-state index in [0.29, 0.717) is 19.7 Å². The first kappa shape index (κ1) is 14.4. The zero-order valence-corrected chi connectivity index (χ0v) is 12.3. The van der Waals surface area contributed by atoms with E-state index in [0.717, 1.165) is 25.9 Å². The van der Waals surface area contributed by atoms with E-state index in [1.165, 1.54) is 0 Å². The Morgan fingerprint density at radius 3 is 2.81 bits per heavy atom. The van der Waals surface area contributed by atoms with Crippen molar-refractivity contribution in [2.75, 3.05) is 26.3 Å². The van der Waals surface area contributed by atoms with Gasteiger partial charge in [0.15, 0.2) is 0 Å². The Morgan fingerprint density at radius 2 is 2.14 bits per heavy atom. The van der Waals surface area contributed by atoms with E-state index in [4.69, 9.17) is 9.47 Å². The van der Waals surface area contributed by atoms with Gasteiger partial charge in [0.1, 0.15) is 0 Å². The number of hydrogen-bond donors (Lipinski definition) is 0. The molecule has 0 saturated carbocycles. The number of aromatic nitrogens is 2. The Labute approximate surface area is 124 Å². The normalized spacial score (nSPS) is 24.4. The quantitative estimate of drug-likeness (QED) is 0.839. The predicted octanol–water partition coefficient (Wildman–Crippen LogP) is 1.28. The summed E-state index contributed by atoms with van der Waals surface area (Å²) >= 11 is 0.